The molecule has 0 radical (unpaired) electrons. The van der Waals surface area contributed by atoms with E-state index in [0.29, 0.717) is 17.9 Å². The Hall–Kier alpha value is -4.86. The Morgan fingerprint density at radius 3 is 2.08 bits per heavy atom. The molecule has 3 aromatic carbocycles. The van der Waals surface area contributed by atoms with Gasteiger partial charge in [-0.05, 0) is 60.4 Å². The van der Waals surface area contributed by atoms with Crippen LogP contribution >= 0.6 is 11.6 Å². The fourth-order valence-corrected chi connectivity index (χ4v) is 5.97. The Morgan fingerprint density at radius 2 is 1.46 bits per heavy atom. The molecule has 0 bridgehead atoms. The van der Waals surface area contributed by atoms with Crippen LogP contribution in [0.3, 0.4) is 0 Å². The molecule has 7 N–H and O–H groups in total. The predicted molar refractivity (Wildman–Crippen MR) is 188 cm³/mol. The lowest BCUT2D eigenvalue weighted by molar-refractivity contribution is -0.300. The zero-order valence-electron chi connectivity index (χ0n) is 28.4. The van der Waals surface area contributed by atoms with E-state index in [1.165, 1.54) is 31.2 Å². The molecule has 52 heavy (non-hydrogen) atoms. The number of carboxylic acids is 2. The molecule has 3 aromatic rings. The molecule has 1 saturated heterocycles. The molecule has 1 aliphatic heterocycles. The van der Waals surface area contributed by atoms with Crippen LogP contribution in [0, 0.1) is 0 Å². The minimum Gasteiger partial charge on any atom is -0.481 e. The molecule has 1 heterocycles. The normalized spacial score (nSPS) is 21.0. The number of carboxylic acid groups (broad SMARTS) is 2. The van der Waals surface area contributed by atoms with E-state index >= 15 is 0 Å². The number of unbranched alkanes of at least 4 members (excludes halogenated alkanes) is 2. The van der Waals surface area contributed by atoms with Crippen LogP contribution in [0.1, 0.15) is 59.7 Å². The fourth-order valence-electron chi connectivity index (χ4n) is 5.85. The Morgan fingerprint density at radius 1 is 0.846 bits per heavy atom. The molecule has 0 saturated carbocycles. The summed E-state index contributed by atoms with van der Waals surface area (Å²) in [5, 5.41) is 50.1. The molecular weight excluding hydrogens is 698 g/mol. The maximum Gasteiger partial charge on any atom is 0.364 e. The first-order valence-electron chi connectivity index (χ1n) is 16.7. The van der Waals surface area contributed by atoms with Crippen LogP contribution in [0.25, 0.3) is 11.1 Å². The first-order chi connectivity index (χ1) is 24.8. The third-order valence-electron chi connectivity index (χ3n) is 8.55. The zero-order chi connectivity index (χ0) is 37.8. The van der Waals surface area contributed by atoms with E-state index in [2.05, 4.69) is 16.0 Å². The number of hydrogen-bond acceptors (Lipinski definition) is 9. The largest absolute Gasteiger partial charge is 0.481 e. The average molecular weight is 740 g/mol. The number of carbonyl (C=O) groups excluding carboxylic acids is 3. The SMILES string of the molecule is CC(=O)N[C@H]1[C@H]([C@H](O)[C@H](O)CNC(=O)c2ccc(-c3ccccc3)cc2)O[C@@](OCCCCCC(=O)O)(C(=O)O)C[C@@H]1NC(=O)c1ccc(Cl)cc1. The van der Waals surface area contributed by atoms with Gasteiger partial charge in [-0.3, -0.25) is 19.2 Å². The summed E-state index contributed by atoms with van der Waals surface area (Å²) in [7, 11) is 0. The van der Waals surface area contributed by atoms with Crippen molar-refractivity contribution in [3.63, 3.8) is 0 Å². The van der Waals surface area contributed by atoms with Crippen LogP contribution in [-0.4, -0.2) is 99.4 Å². The van der Waals surface area contributed by atoms with Crippen molar-refractivity contribution in [1.82, 2.24) is 16.0 Å². The second kappa shape index (κ2) is 18.6. The maximum absolute atomic E-state index is 13.3. The van der Waals surface area contributed by atoms with Gasteiger partial charge < -0.3 is 45.9 Å². The van der Waals surface area contributed by atoms with Gasteiger partial charge in [0.25, 0.3) is 17.6 Å². The van der Waals surface area contributed by atoms with E-state index in [0.717, 1.165) is 11.1 Å². The minimum atomic E-state index is -2.48. The lowest BCUT2D eigenvalue weighted by Crippen LogP contribution is -2.71. The molecule has 3 amide bonds. The molecule has 1 fully saturated rings. The predicted octanol–water partition coefficient (Wildman–Crippen LogP) is 2.99. The first-order valence-corrected chi connectivity index (χ1v) is 17.1. The number of hydrogen-bond donors (Lipinski definition) is 7. The van der Waals surface area contributed by atoms with Crippen LogP contribution in [-0.2, 0) is 23.9 Å². The Bertz CT molecular complexity index is 1690. The van der Waals surface area contributed by atoms with E-state index in [1.807, 2.05) is 30.3 Å². The van der Waals surface area contributed by atoms with Crippen LogP contribution in [0.4, 0.5) is 0 Å². The van der Waals surface area contributed by atoms with Gasteiger partial charge in [0.05, 0.1) is 24.8 Å². The topological polar surface area (TPSA) is 221 Å². The van der Waals surface area contributed by atoms with E-state index in [-0.39, 0.29) is 30.6 Å². The number of rotatable bonds is 17. The number of amides is 3. The molecule has 6 atom stereocenters. The average Bonchev–Trinajstić information content (AvgIpc) is 3.12. The van der Waals surface area contributed by atoms with Crippen LogP contribution in [0.5, 0.6) is 0 Å². The van der Waals surface area contributed by atoms with E-state index < -0.39 is 78.8 Å². The second-order valence-corrected chi connectivity index (χ2v) is 12.9. The van der Waals surface area contributed by atoms with Gasteiger partial charge in [0, 0.05) is 42.5 Å². The highest BCUT2D eigenvalue weighted by atomic mass is 35.5. The van der Waals surface area contributed by atoms with E-state index in [1.54, 1.807) is 24.3 Å². The van der Waals surface area contributed by atoms with E-state index in [4.69, 9.17) is 26.2 Å². The van der Waals surface area contributed by atoms with Gasteiger partial charge in [-0.1, -0.05) is 60.5 Å². The number of ether oxygens (including phenoxy) is 2. The fraction of sp³-hybridized carbons (Fsp3) is 0.378. The second-order valence-electron chi connectivity index (χ2n) is 12.4. The molecule has 0 aromatic heterocycles. The van der Waals surface area contributed by atoms with Crippen LogP contribution in [0.15, 0.2) is 78.9 Å². The summed E-state index contributed by atoms with van der Waals surface area (Å²) < 4.78 is 11.7. The van der Waals surface area contributed by atoms with Gasteiger partial charge in [-0.15, -0.1) is 0 Å². The third kappa shape index (κ3) is 10.8. The van der Waals surface area contributed by atoms with Gasteiger partial charge in [0.15, 0.2) is 0 Å². The summed E-state index contributed by atoms with van der Waals surface area (Å²) in [4.78, 5) is 62.4. The van der Waals surface area contributed by atoms with Crippen molar-refractivity contribution in [2.45, 2.75) is 75.2 Å². The highest BCUT2D eigenvalue weighted by Gasteiger charge is 2.56. The molecule has 0 spiro atoms. The van der Waals surface area contributed by atoms with Crippen LogP contribution in [0.2, 0.25) is 5.02 Å². The summed E-state index contributed by atoms with van der Waals surface area (Å²) in [6, 6.07) is 19.6. The van der Waals surface area contributed by atoms with Crippen molar-refractivity contribution < 1.29 is 53.9 Å². The van der Waals surface area contributed by atoms with Crippen molar-refractivity contribution in [2.24, 2.45) is 0 Å². The molecule has 4 rings (SSSR count). The zero-order valence-corrected chi connectivity index (χ0v) is 29.1. The Kier molecular flexibility index (Phi) is 14.3. The molecular formula is C37H42ClN3O11. The molecule has 15 heteroatoms. The standard InChI is InChI=1S/C37H42ClN3O11/c1-22(42)40-31-28(41-35(48)26-15-17-27(38)18-16-26)20-37(36(49)50,51-19-7-3-6-10-30(44)45)52-33(31)32(46)29(43)21-39-34(47)25-13-11-24(12-14-25)23-8-4-2-5-9-23/h2,4-5,8-9,11-18,28-29,31-33,43,46H,3,6-7,10,19-21H2,1H3,(H,39,47)(H,40,42)(H,41,48)(H,44,45)(H,49,50)/t28-,29+,31+,32+,33+,37+/m0/s1. The van der Waals surface area contributed by atoms with Crippen molar-refractivity contribution in [3.8, 4) is 11.1 Å². The summed E-state index contributed by atoms with van der Waals surface area (Å²) in [6.07, 6.45) is -5.00. The van der Waals surface area contributed by atoms with Crippen LogP contribution < -0.4 is 16.0 Å². The number of aliphatic hydroxyl groups is 2. The molecule has 0 aliphatic carbocycles. The highest BCUT2D eigenvalue weighted by molar-refractivity contribution is 6.30. The molecule has 1 aliphatic rings. The number of benzene rings is 3. The number of carbonyl (C=O) groups is 5. The minimum absolute atomic E-state index is 0.0839. The monoisotopic (exact) mass is 739 g/mol. The quantitative estimate of drug-likeness (QED) is 0.0998. The van der Waals surface area contributed by atoms with Crippen molar-refractivity contribution in [1.29, 1.82) is 0 Å². The highest BCUT2D eigenvalue weighted by Crippen LogP contribution is 2.34. The summed E-state index contributed by atoms with van der Waals surface area (Å²) in [6.45, 7) is 0.479. The smallest absolute Gasteiger partial charge is 0.364 e. The lowest BCUT2D eigenvalue weighted by atomic mass is 9.86. The van der Waals surface area contributed by atoms with Crippen molar-refractivity contribution in [2.75, 3.05) is 13.2 Å². The summed E-state index contributed by atoms with van der Waals surface area (Å²) >= 11 is 5.97. The lowest BCUT2D eigenvalue weighted by Gasteiger charge is -2.48. The number of nitrogens with one attached hydrogen (secondary N) is 3. The van der Waals surface area contributed by atoms with Crippen molar-refractivity contribution in [3.05, 3.63) is 95.0 Å². The molecule has 14 nitrogen and oxygen atoms in total. The number of aliphatic carboxylic acids is 2. The van der Waals surface area contributed by atoms with Gasteiger partial charge in [0.1, 0.15) is 12.2 Å². The first kappa shape index (κ1) is 39.9. The van der Waals surface area contributed by atoms with Crippen molar-refractivity contribution >= 4 is 41.3 Å². The summed E-state index contributed by atoms with van der Waals surface area (Å²) in [5.74, 6) is -6.90. The maximum atomic E-state index is 13.3. The van der Waals surface area contributed by atoms with Gasteiger partial charge >= 0.3 is 11.9 Å². The molecule has 0 unspecified atom stereocenters. The summed E-state index contributed by atoms with van der Waals surface area (Å²) in [5.41, 5.74) is 2.28. The van der Waals surface area contributed by atoms with E-state index in [9.17, 15) is 39.3 Å². The number of aliphatic hydroxyl groups excluding tert-OH is 2. The number of halogens is 1. The Labute approximate surface area is 305 Å². The van der Waals surface area contributed by atoms with Gasteiger partial charge in [-0.25, -0.2) is 4.79 Å². The Balaban J connectivity index is 1.55. The molecule has 278 valence electrons. The van der Waals surface area contributed by atoms with Gasteiger partial charge in [0.2, 0.25) is 5.91 Å². The third-order valence-corrected chi connectivity index (χ3v) is 8.80. The van der Waals surface area contributed by atoms with Gasteiger partial charge in [-0.2, -0.15) is 0 Å².